The van der Waals surface area contributed by atoms with Gasteiger partial charge in [-0.15, -0.1) is 0 Å². The molecule has 0 bridgehead atoms. The summed E-state index contributed by atoms with van der Waals surface area (Å²) in [7, 11) is -0.475. The largest absolute Gasteiger partial charge is 0.339 e. The van der Waals surface area contributed by atoms with E-state index in [2.05, 4.69) is 10.7 Å². The van der Waals surface area contributed by atoms with Crippen molar-refractivity contribution in [2.75, 3.05) is 25.6 Å². The van der Waals surface area contributed by atoms with Gasteiger partial charge in [0.15, 0.2) is 9.84 Å². The highest BCUT2D eigenvalue weighted by molar-refractivity contribution is 7.91. The highest BCUT2D eigenvalue weighted by Gasteiger charge is 2.29. The average Bonchev–Trinajstić information content (AvgIpc) is 2.52. The summed E-state index contributed by atoms with van der Waals surface area (Å²) >= 11 is 0. The SMILES string of the molecule is CNN(C)C(=O)[C@H](CS(=O)(=O)CC(C)C)NC(=O)c1ccccc1. The fourth-order valence-corrected chi connectivity index (χ4v) is 4.07. The first-order chi connectivity index (χ1) is 11.2. The van der Waals surface area contributed by atoms with Crippen LogP contribution in [-0.4, -0.2) is 56.9 Å². The van der Waals surface area contributed by atoms with E-state index in [-0.39, 0.29) is 11.7 Å². The molecule has 2 N–H and O–H groups in total. The predicted molar refractivity (Wildman–Crippen MR) is 93.0 cm³/mol. The Morgan fingerprint density at radius 1 is 1.12 bits per heavy atom. The van der Waals surface area contributed by atoms with Crippen LogP contribution in [0.25, 0.3) is 0 Å². The molecule has 7 nitrogen and oxygen atoms in total. The van der Waals surface area contributed by atoms with Gasteiger partial charge in [0.1, 0.15) is 6.04 Å². The maximum absolute atomic E-state index is 12.4. The molecule has 1 aromatic carbocycles. The van der Waals surface area contributed by atoms with Crippen molar-refractivity contribution in [1.82, 2.24) is 15.8 Å². The summed E-state index contributed by atoms with van der Waals surface area (Å²) in [6, 6.07) is 7.20. The molecular formula is C16H25N3O4S. The Labute approximate surface area is 143 Å². The number of likely N-dealkylation sites (N-methyl/N-ethyl adjacent to an activating group) is 1. The van der Waals surface area contributed by atoms with Crippen molar-refractivity contribution in [3.63, 3.8) is 0 Å². The van der Waals surface area contributed by atoms with Crippen molar-refractivity contribution in [2.24, 2.45) is 5.92 Å². The second-order valence-corrected chi connectivity index (χ2v) is 8.14. The molecule has 1 atom stereocenters. The molecule has 24 heavy (non-hydrogen) atoms. The molecule has 0 saturated heterocycles. The smallest absolute Gasteiger partial charge is 0.260 e. The fraction of sp³-hybridized carbons (Fsp3) is 0.500. The Morgan fingerprint density at radius 3 is 2.21 bits per heavy atom. The van der Waals surface area contributed by atoms with E-state index in [1.54, 1.807) is 44.2 Å². The van der Waals surface area contributed by atoms with Gasteiger partial charge in [-0.3, -0.25) is 14.6 Å². The first kappa shape index (κ1) is 20.1. The topological polar surface area (TPSA) is 95.6 Å². The number of carbonyl (C=O) groups is 2. The lowest BCUT2D eigenvalue weighted by Gasteiger charge is -2.24. The Balaban J connectivity index is 2.97. The van der Waals surface area contributed by atoms with Crippen molar-refractivity contribution in [1.29, 1.82) is 0 Å². The molecule has 2 amide bonds. The molecule has 0 aromatic heterocycles. The molecule has 0 heterocycles. The zero-order valence-electron chi connectivity index (χ0n) is 14.4. The van der Waals surface area contributed by atoms with Gasteiger partial charge in [0.25, 0.3) is 11.8 Å². The maximum atomic E-state index is 12.4. The number of carbonyl (C=O) groups excluding carboxylic acids is 2. The minimum Gasteiger partial charge on any atom is -0.339 e. The van der Waals surface area contributed by atoms with Crippen LogP contribution < -0.4 is 10.7 Å². The van der Waals surface area contributed by atoms with Gasteiger partial charge in [-0.05, 0) is 18.1 Å². The number of nitrogens with zero attached hydrogens (tertiary/aromatic N) is 1. The zero-order chi connectivity index (χ0) is 18.3. The maximum Gasteiger partial charge on any atom is 0.260 e. The molecule has 0 spiro atoms. The minimum absolute atomic E-state index is 0.0404. The fourth-order valence-electron chi connectivity index (χ4n) is 2.18. The minimum atomic E-state index is -3.48. The van der Waals surface area contributed by atoms with E-state index in [0.717, 1.165) is 5.01 Å². The number of nitrogens with one attached hydrogen (secondary N) is 2. The molecule has 0 aliphatic heterocycles. The van der Waals surface area contributed by atoms with Crippen LogP contribution in [-0.2, 0) is 14.6 Å². The van der Waals surface area contributed by atoms with Gasteiger partial charge in [0.05, 0.1) is 11.5 Å². The summed E-state index contributed by atoms with van der Waals surface area (Å²) < 4.78 is 24.5. The molecule has 0 radical (unpaired) electrons. The standard InChI is InChI=1S/C16H25N3O4S/c1-12(2)10-24(22,23)11-14(16(21)19(4)17-3)18-15(20)13-8-6-5-7-9-13/h5-9,12,14,17H,10-11H2,1-4H3,(H,18,20)/t14-/m0/s1. The normalized spacial score (nSPS) is 12.7. The quantitative estimate of drug-likeness (QED) is 0.660. The third-order valence-electron chi connectivity index (χ3n) is 3.31. The molecule has 0 aliphatic rings. The van der Waals surface area contributed by atoms with Crippen molar-refractivity contribution >= 4 is 21.7 Å². The van der Waals surface area contributed by atoms with Crippen LogP contribution in [0.1, 0.15) is 24.2 Å². The van der Waals surface area contributed by atoms with E-state index in [4.69, 9.17) is 0 Å². The van der Waals surface area contributed by atoms with E-state index >= 15 is 0 Å². The van der Waals surface area contributed by atoms with Crippen LogP contribution in [0.3, 0.4) is 0 Å². The highest BCUT2D eigenvalue weighted by atomic mass is 32.2. The first-order valence-electron chi connectivity index (χ1n) is 7.67. The Hall–Kier alpha value is -1.93. The average molecular weight is 355 g/mol. The van der Waals surface area contributed by atoms with Crippen molar-refractivity contribution < 1.29 is 18.0 Å². The third kappa shape index (κ3) is 6.29. The molecule has 1 aromatic rings. The number of sulfone groups is 1. The van der Waals surface area contributed by atoms with Crippen molar-refractivity contribution in [3.8, 4) is 0 Å². The number of hydrogen-bond donors (Lipinski definition) is 2. The van der Waals surface area contributed by atoms with Gasteiger partial charge < -0.3 is 5.32 Å². The molecule has 0 unspecified atom stereocenters. The molecule has 1 rings (SSSR count). The van der Waals surface area contributed by atoms with Gasteiger partial charge in [0.2, 0.25) is 0 Å². The Kier molecular flexibility index (Phi) is 7.37. The van der Waals surface area contributed by atoms with E-state index in [1.165, 1.54) is 14.1 Å². The molecule has 8 heteroatoms. The van der Waals surface area contributed by atoms with Gasteiger partial charge in [0, 0.05) is 19.7 Å². The molecule has 0 aliphatic carbocycles. The van der Waals surface area contributed by atoms with E-state index in [9.17, 15) is 18.0 Å². The highest BCUT2D eigenvalue weighted by Crippen LogP contribution is 2.06. The van der Waals surface area contributed by atoms with Gasteiger partial charge in [-0.25, -0.2) is 13.8 Å². The molecular weight excluding hydrogens is 330 g/mol. The van der Waals surface area contributed by atoms with Crippen LogP contribution in [0.5, 0.6) is 0 Å². The van der Waals surface area contributed by atoms with Crippen molar-refractivity contribution in [3.05, 3.63) is 35.9 Å². The zero-order valence-corrected chi connectivity index (χ0v) is 15.3. The summed E-state index contributed by atoms with van der Waals surface area (Å²) in [6.07, 6.45) is 0. The summed E-state index contributed by atoms with van der Waals surface area (Å²) in [6.45, 7) is 3.58. The van der Waals surface area contributed by atoms with Crippen LogP contribution in [0.2, 0.25) is 0 Å². The lowest BCUT2D eigenvalue weighted by atomic mass is 10.2. The molecule has 134 valence electrons. The van der Waals surface area contributed by atoms with Gasteiger partial charge in [-0.1, -0.05) is 32.0 Å². The number of hydrogen-bond acceptors (Lipinski definition) is 5. The Bertz CT molecular complexity index is 659. The van der Waals surface area contributed by atoms with Gasteiger partial charge in [-0.2, -0.15) is 0 Å². The summed E-state index contributed by atoms with van der Waals surface area (Å²) in [5.74, 6) is -1.54. The summed E-state index contributed by atoms with van der Waals surface area (Å²) in [5, 5.41) is 3.68. The molecule has 0 fully saturated rings. The first-order valence-corrected chi connectivity index (χ1v) is 9.49. The Morgan fingerprint density at radius 2 is 1.71 bits per heavy atom. The number of hydrazine groups is 1. The second kappa shape index (κ2) is 8.79. The van der Waals surface area contributed by atoms with E-state index in [1.807, 2.05) is 0 Å². The number of rotatable bonds is 8. The third-order valence-corrected chi connectivity index (χ3v) is 5.33. The van der Waals surface area contributed by atoms with Crippen LogP contribution in [0, 0.1) is 5.92 Å². The predicted octanol–water partition coefficient (Wildman–Crippen LogP) is 0.449. The second-order valence-electron chi connectivity index (χ2n) is 5.98. The van der Waals surface area contributed by atoms with E-state index in [0.29, 0.717) is 5.56 Å². The van der Waals surface area contributed by atoms with Crippen LogP contribution in [0.15, 0.2) is 30.3 Å². The lowest BCUT2D eigenvalue weighted by Crippen LogP contribution is -2.53. The van der Waals surface area contributed by atoms with Crippen molar-refractivity contribution in [2.45, 2.75) is 19.9 Å². The van der Waals surface area contributed by atoms with E-state index < -0.39 is 33.4 Å². The summed E-state index contributed by atoms with van der Waals surface area (Å²) in [4.78, 5) is 24.7. The number of benzene rings is 1. The summed E-state index contributed by atoms with van der Waals surface area (Å²) in [5.41, 5.74) is 2.99. The number of amides is 2. The van der Waals surface area contributed by atoms with Crippen LogP contribution in [0.4, 0.5) is 0 Å². The van der Waals surface area contributed by atoms with Crippen LogP contribution >= 0.6 is 0 Å². The monoisotopic (exact) mass is 355 g/mol. The van der Waals surface area contributed by atoms with Gasteiger partial charge >= 0.3 is 0 Å². The lowest BCUT2D eigenvalue weighted by molar-refractivity contribution is -0.133. The molecule has 0 saturated carbocycles.